The Bertz CT molecular complexity index is 1440. The van der Waals surface area contributed by atoms with Crippen LogP contribution in [0.1, 0.15) is 45.7 Å². The average molecular weight is 504 g/mol. The van der Waals surface area contributed by atoms with Crippen molar-refractivity contribution < 1.29 is 38.3 Å². The summed E-state index contributed by atoms with van der Waals surface area (Å²) in [5.41, 5.74) is 2.91. The number of carboxylic acid groups (broad SMARTS) is 1. The van der Waals surface area contributed by atoms with E-state index in [0.717, 1.165) is 16.8 Å². The summed E-state index contributed by atoms with van der Waals surface area (Å²) < 4.78 is 33.9. The van der Waals surface area contributed by atoms with Gasteiger partial charge in [-0.05, 0) is 36.4 Å². The SMILES string of the molecule is COc1cccc2c1OC(c1ccc(OC)c(OC)c1C(=O)O)N1N=C(c3ccc4c(c3)OCO4)CC21. The molecule has 3 heterocycles. The van der Waals surface area contributed by atoms with E-state index < -0.39 is 12.2 Å². The Kier molecular flexibility index (Phi) is 5.44. The molecule has 0 spiro atoms. The van der Waals surface area contributed by atoms with E-state index in [1.165, 1.54) is 14.2 Å². The van der Waals surface area contributed by atoms with Gasteiger partial charge in [-0.15, -0.1) is 0 Å². The first-order chi connectivity index (χ1) is 18.0. The van der Waals surface area contributed by atoms with Crippen LogP contribution in [0.2, 0.25) is 0 Å². The Hall–Kier alpha value is -4.60. The summed E-state index contributed by atoms with van der Waals surface area (Å²) in [5.74, 6) is 1.69. The van der Waals surface area contributed by atoms with Crippen molar-refractivity contribution in [3.8, 4) is 34.5 Å². The molecular weight excluding hydrogens is 480 g/mol. The molecule has 10 nitrogen and oxygen atoms in total. The smallest absolute Gasteiger partial charge is 0.340 e. The molecule has 0 amide bonds. The van der Waals surface area contributed by atoms with Gasteiger partial charge in [-0.1, -0.05) is 12.1 Å². The van der Waals surface area contributed by atoms with Gasteiger partial charge in [0.1, 0.15) is 5.56 Å². The first kappa shape index (κ1) is 22.8. The van der Waals surface area contributed by atoms with Gasteiger partial charge in [-0.3, -0.25) is 0 Å². The fourth-order valence-electron chi connectivity index (χ4n) is 5.07. The summed E-state index contributed by atoms with van der Waals surface area (Å²) >= 11 is 0. The fourth-order valence-corrected chi connectivity index (χ4v) is 5.07. The number of rotatable bonds is 6. The second kappa shape index (κ2) is 8.81. The zero-order chi connectivity index (χ0) is 25.7. The van der Waals surface area contributed by atoms with Gasteiger partial charge >= 0.3 is 5.97 Å². The minimum atomic E-state index is -1.17. The third-order valence-corrected chi connectivity index (χ3v) is 6.76. The van der Waals surface area contributed by atoms with Crippen molar-refractivity contribution >= 4 is 11.7 Å². The van der Waals surface area contributed by atoms with Gasteiger partial charge in [0.15, 0.2) is 34.5 Å². The lowest BCUT2D eigenvalue weighted by molar-refractivity contribution is -0.0217. The van der Waals surface area contributed by atoms with Gasteiger partial charge in [0.25, 0.3) is 0 Å². The molecule has 10 heteroatoms. The maximum atomic E-state index is 12.5. The number of ether oxygens (including phenoxy) is 6. The number of methoxy groups -OCH3 is 3. The van der Waals surface area contributed by atoms with Crippen molar-refractivity contribution in [1.82, 2.24) is 5.01 Å². The molecule has 0 saturated carbocycles. The molecule has 0 fully saturated rings. The van der Waals surface area contributed by atoms with Crippen molar-refractivity contribution in [3.05, 3.63) is 70.8 Å². The highest BCUT2D eigenvalue weighted by Gasteiger charge is 2.44. The summed E-state index contributed by atoms with van der Waals surface area (Å²) in [6, 6.07) is 14.5. The number of hydrazone groups is 1. The maximum absolute atomic E-state index is 12.5. The van der Waals surface area contributed by atoms with E-state index in [4.69, 9.17) is 33.5 Å². The van der Waals surface area contributed by atoms with Crippen LogP contribution in [0.4, 0.5) is 0 Å². The highest BCUT2D eigenvalue weighted by atomic mass is 16.7. The number of para-hydroxylation sites is 1. The van der Waals surface area contributed by atoms with Crippen LogP contribution in [0.3, 0.4) is 0 Å². The molecule has 6 rings (SSSR count). The number of fused-ring (bicyclic) bond motifs is 4. The minimum absolute atomic E-state index is 0.0596. The first-order valence-electron chi connectivity index (χ1n) is 11.6. The Morgan fingerprint density at radius 2 is 1.78 bits per heavy atom. The van der Waals surface area contributed by atoms with Gasteiger partial charge in [-0.2, -0.15) is 5.10 Å². The minimum Gasteiger partial charge on any atom is -0.493 e. The molecule has 3 aliphatic heterocycles. The van der Waals surface area contributed by atoms with Crippen molar-refractivity contribution in [2.75, 3.05) is 28.1 Å². The number of aromatic carboxylic acids is 1. The predicted octanol–water partition coefficient (Wildman–Crippen LogP) is 4.38. The molecule has 190 valence electrons. The number of carboxylic acids is 1. The van der Waals surface area contributed by atoms with Crippen LogP contribution in [-0.4, -0.2) is 49.9 Å². The summed E-state index contributed by atoms with van der Waals surface area (Å²) in [6.07, 6.45) is -0.304. The number of benzene rings is 3. The predicted molar refractivity (Wildman–Crippen MR) is 131 cm³/mol. The molecule has 0 radical (unpaired) electrons. The van der Waals surface area contributed by atoms with Gasteiger partial charge in [0.2, 0.25) is 13.0 Å². The van der Waals surface area contributed by atoms with E-state index in [2.05, 4.69) is 0 Å². The monoisotopic (exact) mass is 504 g/mol. The van der Waals surface area contributed by atoms with E-state index in [1.54, 1.807) is 24.3 Å². The molecular formula is C27H24N2O8. The lowest BCUT2D eigenvalue weighted by Crippen LogP contribution is -2.35. The van der Waals surface area contributed by atoms with Crippen LogP contribution in [-0.2, 0) is 0 Å². The maximum Gasteiger partial charge on any atom is 0.340 e. The van der Waals surface area contributed by atoms with Crippen LogP contribution in [0.25, 0.3) is 0 Å². The lowest BCUT2D eigenvalue weighted by atomic mass is 9.94. The molecule has 2 atom stereocenters. The van der Waals surface area contributed by atoms with Crippen molar-refractivity contribution in [2.24, 2.45) is 5.10 Å². The van der Waals surface area contributed by atoms with Gasteiger partial charge in [0.05, 0.1) is 33.1 Å². The second-order valence-electron chi connectivity index (χ2n) is 8.63. The fraction of sp³-hybridized carbons (Fsp3) is 0.259. The normalized spacial score (nSPS) is 18.9. The van der Waals surface area contributed by atoms with E-state index in [1.807, 2.05) is 36.4 Å². The molecule has 3 aromatic rings. The molecule has 2 unspecified atom stereocenters. The molecule has 3 aliphatic rings. The molecule has 1 N–H and O–H groups in total. The highest BCUT2D eigenvalue weighted by molar-refractivity contribution is 6.02. The van der Waals surface area contributed by atoms with Crippen molar-refractivity contribution in [3.63, 3.8) is 0 Å². The van der Waals surface area contributed by atoms with Gasteiger partial charge in [0, 0.05) is 23.1 Å². The Morgan fingerprint density at radius 3 is 2.54 bits per heavy atom. The van der Waals surface area contributed by atoms with Crippen LogP contribution in [0.15, 0.2) is 53.6 Å². The van der Waals surface area contributed by atoms with Crippen LogP contribution in [0.5, 0.6) is 34.5 Å². The standard InChI is InChI=1S/C27H24N2O8/c1-32-20-6-4-5-15-18-12-17(14-7-9-19-22(11-14)36-13-35-19)28-29(18)26(37-24(15)20)16-8-10-21(33-2)25(34-3)23(16)27(30)31/h4-11,18,26H,12-13H2,1-3H3,(H,30,31). The summed E-state index contributed by atoms with van der Waals surface area (Å²) in [7, 11) is 4.44. The molecule has 37 heavy (non-hydrogen) atoms. The number of carbonyl (C=O) groups is 1. The van der Waals surface area contributed by atoms with E-state index in [0.29, 0.717) is 40.7 Å². The molecule has 3 aromatic carbocycles. The Labute approximate surface area is 212 Å². The van der Waals surface area contributed by atoms with Crippen LogP contribution < -0.4 is 28.4 Å². The third kappa shape index (κ3) is 3.55. The van der Waals surface area contributed by atoms with Gasteiger partial charge in [-0.25, -0.2) is 9.80 Å². The molecule has 0 aromatic heterocycles. The molecule has 0 saturated heterocycles. The van der Waals surface area contributed by atoms with E-state index in [-0.39, 0.29) is 24.1 Å². The summed E-state index contributed by atoms with van der Waals surface area (Å²) in [5, 5.41) is 16.9. The van der Waals surface area contributed by atoms with E-state index in [9.17, 15) is 9.90 Å². The average Bonchev–Trinajstić information content (AvgIpc) is 3.58. The van der Waals surface area contributed by atoms with E-state index >= 15 is 0 Å². The third-order valence-electron chi connectivity index (χ3n) is 6.76. The zero-order valence-corrected chi connectivity index (χ0v) is 20.4. The largest absolute Gasteiger partial charge is 0.493 e. The molecule has 0 aliphatic carbocycles. The quantitative estimate of drug-likeness (QED) is 0.523. The second-order valence-corrected chi connectivity index (χ2v) is 8.63. The lowest BCUT2D eigenvalue weighted by Gasteiger charge is -2.39. The van der Waals surface area contributed by atoms with Crippen molar-refractivity contribution in [2.45, 2.75) is 18.7 Å². The summed E-state index contributed by atoms with van der Waals surface area (Å²) in [6.45, 7) is 0.181. The van der Waals surface area contributed by atoms with Crippen LogP contribution in [0, 0.1) is 0 Å². The first-order valence-corrected chi connectivity index (χ1v) is 11.6. The van der Waals surface area contributed by atoms with Gasteiger partial charge < -0.3 is 33.5 Å². The number of hydrogen-bond acceptors (Lipinski definition) is 9. The number of hydrogen-bond donors (Lipinski definition) is 1. The van der Waals surface area contributed by atoms with Crippen LogP contribution >= 0.6 is 0 Å². The zero-order valence-electron chi connectivity index (χ0n) is 20.4. The number of nitrogens with zero attached hydrogens (tertiary/aromatic N) is 2. The van der Waals surface area contributed by atoms with Crippen molar-refractivity contribution in [1.29, 1.82) is 0 Å². The Balaban J connectivity index is 1.51. The Morgan fingerprint density at radius 1 is 0.973 bits per heavy atom. The molecule has 0 bridgehead atoms. The topological polar surface area (TPSA) is 108 Å². The summed E-state index contributed by atoms with van der Waals surface area (Å²) in [4.78, 5) is 12.5. The highest BCUT2D eigenvalue weighted by Crippen LogP contribution is 2.52.